The molecule has 0 amide bonds. The van der Waals surface area contributed by atoms with Gasteiger partial charge in [0.25, 0.3) is 0 Å². The molecule has 1 N–H and O–H groups in total. The van der Waals surface area contributed by atoms with Crippen molar-refractivity contribution < 1.29 is 14.6 Å². The summed E-state index contributed by atoms with van der Waals surface area (Å²) in [5.41, 5.74) is 1.24. The minimum absolute atomic E-state index is 0.00384. The second-order valence-electron chi connectivity index (χ2n) is 3.25. The first-order valence-corrected chi connectivity index (χ1v) is 4.70. The molecule has 1 rings (SSSR count). The van der Waals surface area contributed by atoms with Gasteiger partial charge in [-0.15, -0.1) is 6.58 Å². The molecule has 0 bridgehead atoms. The molecule has 0 spiro atoms. The predicted molar refractivity (Wildman–Crippen MR) is 57.8 cm³/mol. The highest BCUT2D eigenvalue weighted by Crippen LogP contribution is 2.07. The first kappa shape index (κ1) is 11.5. The highest BCUT2D eigenvalue weighted by Gasteiger charge is 2.02. The van der Waals surface area contributed by atoms with Gasteiger partial charge in [0.1, 0.15) is 0 Å². The largest absolute Gasteiger partial charge is 0.478 e. The average Bonchev–Trinajstić information content (AvgIpc) is 2.26. The van der Waals surface area contributed by atoms with Crippen LogP contribution < -0.4 is 0 Å². The molecule has 0 saturated carbocycles. The van der Waals surface area contributed by atoms with Crippen LogP contribution in [-0.4, -0.2) is 17.2 Å². The molecule has 1 unspecified atom stereocenters. The van der Waals surface area contributed by atoms with Gasteiger partial charge in [-0.1, -0.05) is 18.2 Å². The maximum absolute atomic E-state index is 10.6. The minimum Gasteiger partial charge on any atom is -0.478 e. The molecule has 0 saturated heterocycles. The topological polar surface area (TPSA) is 46.5 Å². The van der Waals surface area contributed by atoms with E-state index in [0.29, 0.717) is 6.61 Å². The van der Waals surface area contributed by atoms with E-state index < -0.39 is 5.97 Å². The molecule has 0 aliphatic carbocycles. The number of hydrogen-bond donors (Lipinski definition) is 1. The number of aromatic carboxylic acids is 1. The molecule has 3 heteroatoms. The normalized spacial score (nSPS) is 12.1. The number of carboxylic acid groups (broad SMARTS) is 1. The molecule has 1 aromatic rings. The molecule has 0 heterocycles. The van der Waals surface area contributed by atoms with Gasteiger partial charge in [-0.25, -0.2) is 4.79 Å². The van der Waals surface area contributed by atoms with Crippen LogP contribution in [0.2, 0.25) is 0 Å². The lowest BCUT2D eigenvalue weighted by Gasteiger charge is -2.08. The zero-order chi connectivity index (χ0) is 11.3. The van der Waals surface area contributed by atoms with Gasteiger partial charge in [-0.05, 0) is 24.6 Å². The quantitative estimate of drug-likeness (QED) is 0.753. The van der Waals surface area contributed by atoms with E-state index in [9.17, 15) is 4.79 Å². The van der Waals surface area contributed by atoms with Crippen molar-refractivity contribution in [3.63, 3.8) is 0 Å². The van der Waals surface area contributed by atoms with E-state index in [2.05, 4.69) is 6.58 Å². The van der Waals surface area contributed by atoms with E-state index in [0.717, 1.165) is 5.56 Å². The summed E-state index contributed by atoms with van der Waals surface area (Å²) in [7, 11) is 0. The van der Waals surface area contributed by atoms with E-state index in [1.54, 1.807) is 30.3 Å². The lowest BCUT2D eigenvalue weighted by atomic mass is 10.1. The minimum atomic E-state index is -0.915. The van der Waals surface area contributed by atoms with Gasteiger partial charge in [-0.3, -0.25) is 0 Å². The summed E-state index contributed by atoms with van der Waals surface area (Å²) in [5, 5.41) is 8.69. The van der Waals surface area contributed by atoms with Crippen LogP contribution in [0, 0.1) is 0 Å². The van der Waals surface area contributed by atoms with Crippen molar-refractivity contribution in [1.82, 2.24) is 0 Å². The molecule has 80 valence electrons. The predicted octanol–water partition coefficient (Wildman–Crippen LogP) is 2.48. The molecule has 0 aliphatic rings. The maximum Gasteiger partial charge on any atom is 0.335 e. The fourth-order valence-corrected chi connectivity index (χ4v) is 1.04. The van der Waals surface area contributed by atoms with Gasteiger partial charge in [-0.2, -0.15) is 0 Å². The summed E-state index contributed by atoms with van der Waals surface area (Å²) in [4.78, 5) is 10.6. The van der Waals surface area contributed by atoms with Gasteiger partial charge < -0.3 is 9.84 Å². The van der Waals surface area contributed by atoms with Crippen molar-refractivity contribution in [3.05, 3.63) is 48.0 Å². The van der Waals surface area contributed by atoms with Crippen LogP contribution in [-0.2, 0) is 11.3 Å². The molecule has 1 atom stereocenters. The summed E-state index contributed by atoms with van der Waals surface area (Å²) < 4.78 is 5.41. The van der Waals surface area contributed by atoms with E-state index in [-0.39, 0.29) is 11.7 Å². The lowest BCUT2D eigenvalue weighted by Crippen LogP contribution is -2.04. The van der Waals surface area contributed by atoms with Crippen molar-refractivity contribution in [3.8, 4) is 0 Å². The summed E-state index contributed by atoms with van der Waals surface area (Å²) in [5.74, 6) is -0.915. The van der Waals surface area contributed by atoms with E-state index in [1.807, 2.05) is 6.92 Å². The van der Waals surface area contributed by atoms with Gasteiger partial charge in [0.2, 0.25) is 0 Å². The van der Waals surface area contributed by atoms with Crippen LogP contribution in [0.4, 0.5) is 0 Å². The zero-order valence-electron chi connectivity index (χ0n) is 8.64. The van der Waals surface area contributed by atoms with Crippen LogP contribution in [0.15, 0.2) is 36.9 Å². The second-order valence-corrected chi connectivity index (χ2v) is 3.25. The van der Waals surface area contributed by atoms with Crippen molar-refractivity contribution in [1.29, 1.82) is 0 Å². The molecular formula is C12H14O3. The lowest BCUT2D eigenvalue weighted by molar-refractivity contribution is 0.0696. The first-order valence-electron chi connectivity index (χ1n) is 4.70. The first-order chi connectivity index (χ1) is 7.13. The number of carbonyl (C=O) groups is 1. The van der Waals surface area contributed by atoms with Crippen molar-refractivity contribution in [2.24, 2.45) is 0 Å². The summed E-state index contributed by atoms with van der Waals surface area (Å²) in [6.45, 7) is 5.97. The van der Waals surface area contributed by atoms with E-state index in [4.69, 9.17) is 9.84 Å². The monoisotopic (exact) mass is 206 g/mol. The Kier molecular flexibility index (Phi) is 4.06. The summed E-state index contributed by atoms with van der Waals surface area (Å²) in [6, 6.07) is 6.64. The highest BCUT2D eigenvalue weighted by atomic mass is 16.5. The van der Waals surface area contributed by atoms with E-state index >= 15 is 0 Å². The molecule has 0 aromatic heterocycles. The Morgan fingerprint density at radius 3 is 2.60 bits per heavy atom. The highest BCUT2D eigenvalue weighted by molar-refractivity contribution is 5.87. The molecular weight excluding hydrogens is 192 g/mol. The van der Waals surface area contributed by atoms with Crippen molar-refractivity contribution in [2.75, 3.05) is 0 Å². The molecule has 15 heavy (non-hydrogen) atoms. The van der Waals surface area contributed by atoms with Crippen molar-refractivity contribution in [2.45, 2.75) is 19.6 Å². The maximum atomic E-state index is 10.6. The molecule has 0 radical (unpaired) electrons. The Hall–Kier alpha value is -1.61. The Morgan fingerprint density at radius 2 is 2.13 bits per heavy atom. The smallest absolute Gasteiger partial charge is 0.335 e. The van der Waals surface area contributed by atoms with Crippen LogP contribution in [0.25, 0.3) is 0 Å². The number of rotatable bonds is 5. The molecule has 0 fully saturated rings. The standard InChI is InChI=1S/C12H14O3/c1-3-9(2)15-8-10-4-6-11(7-5-10)12(13)14/h3-7,9H,1,8H2,2H3,(H,13,14). The number of ether oxygens (including phenoxy) is 1. The van der Waals surface area contributed by atoms with Crippen LogP contribution in [0.1, 0.15) is 22.8 Å². The second kappa shape index (κ2) is 5.32. The van der Waals surface area contributed by atoms with E-state index in [1.165, 1.54) is 0 Å². The number of carboxylic acids is 1. The Labute approximate surface area is 89.0 Å². The fourth-order valence-electron chi connectivity index (χ4n) is 1.04. The average molecular weight is 206 g/mol. The fraction of sp³-hybridized carbons (Fsp3) is 0.250. The Morgan fingerprint density at radius 1 is 1.53 bits per heavy atom. The third kappa shape index (κ3) is 3.56. The number of hydrogen-bond acceptors (Lipinski definition) is 2. The van der Waals surface area contributed by atoms with Crippen LogP contribution in [0.3, 0.4) is 0 Å². The number of benzene rings is 1. The van der Waals surface area contributed by atoms with Gasteiger partial charge in [0.15, 0.2) is 0 Å². The summed E-state index contributed by atoms with van der Waals surface area (Å²) >= 11 is 0. The third-order valence-corrected chi connectivity index (χ3v) is 2.05. The van der Waals surface area contributed by atoms with Gasteiger partial charge in [0, 0.05) is 0 Å². The zero-order valence-corrected chi connectivity index (χ0v) is 8.64. The Balaban J connectivity index is 2.57. The summed E-state index contributed by atoms with van der Waals surface area (Å²) in [6.07, 6.45) is 1.72. The molecule has 1 aromatic carbocycles. The Bertz CT molecular complexity index is 340. The van der Waals surface area contributed by atoms with Crippen LogP contribution >= 0.6 is 0 Å². The van der Waals surface area contributed by atoms with Crippen molar-refractivity contribution >= 4 is 5.97 Å². The third-order valence-electron chi connectivity index (χ3n) is 2.05. The molecule has 3 nitrogen and oxygen atoms in total. The SMILES string of the molecule is C=CC(C)OCc1ccc(C(=O)O)cc1. The van der Waals surface area contributed by atoms with Gasteiger partial charge in [0.05, 0.1) is 18.3 Å². The molecule has 0 aliphatic heterocycles. The van der Waals surface area contributed by atoms with Crippen LogP contribution in [0.5, 0.6) is 0 Å². The van der Waals surface area contributed by atoms with Gasteiger partial charge >= 0.3 is 5.97 Å².